The molecule has 112 valence electrons. The fourth-order valence-electron chi connectivity index (χ4n) is 2.62. The summed E-state index contributed by atoms with van der Waals surface area (Å²) in [6.07, 6.45) is 3.70. The molecule has 2 heterocycles. The van der Waals surface area contributed by atoms with Gasteiger partial charge < -0.3 is 10.6 Å². The van der Waals surface area contributed by atoms with E-state index in [1.165, 1.54) is 6.42 Å². The molecule has 1 aliphatic rings. The molecule has 0 saturated carbocycles. The molecule has 1 aromatic rings. The molecule has 1 atom stereocenters. The first kappa shape index (κ1) is 15.0. The lowest BCUT2D eigenvalue weighted by Crippen LogP contribution is -2.27. The zero-order chi connectivity index (χ0) is 14.8. The molecular formula is C15H26N4O. The van der Waals surface area contributed by atoms with Crippen LogP contribution in [0.25, 0.3) is 0 Å². The molecule has 2 rings (SSSR count). The van der Waals surface area contributed by atoms with Gasteiger partial charge in [-0.05, 0) is 31.2 Å². The van der Waals surface area contributed by atoms with Gasteiger partial charge in [-0.3, -0.25) is 9.48 Å². The second-order valence-corrected chi connectivity index (χ2v) is 6.93. The highest BCUT2D eigenvalue weighted by molar-refractivity contribution is 5.90. The van der Waals surface area contributed by atoms with Gasteiger partial charge in [-0.1, -0.05) is 20.8 Å². The number of hydrogen-bond donors (Lipinski definition) is 2. The normalized spacial score (nSPS) is 19.3. The van der Waals surface area contributed by atoms with E-state index in [1.54, 1.807) is 4.68 Å². The Morgan fingerprint density at radius 2 is 2.30 bits per heavy atom. The van der Waals surface area contributed by atoms with Crippen LogP contribution in [0.15, 0.2) is 6.07 Å². The molecule has 0 aromatic carbocycles. The number of nitrogens with zero attached hydrogens (tertiary/aromatic N) is 2. The minimum atomic E-state index is 0.0645. The third-order valence-corrected chi connectivity index (χ3v) is 3.50. The molecule has 1 fully saturated rings. The van der Waals surface area contributed by atoms with E-state index < -0.39 is 0 Å². The Morgan fingerprint density at radius 1 is 1.55 bits per heavy atom. The Balaban J connectivity index is 1.93. The van der Waals surface area contributed by atoms with Gasteiger partial charge >= 0.3 is 0 Å². The first-order chi connectivity index (χ1) is 9.33. The standard InChI is InChI=1S/C15H26N4O/c1-15(2,3)10-12-8-13(19(4)18-12)17-14(20)9-11-6-5-7-16-11/h8,11,16H,5-7,9-10H2,1-4H3,(H,17,20). The summed E-state index contributed by atoms with van der Waals surface area (Å²) < 4.78 is 1.75. The Bertz CT molecular complexity index is 467. The van der Waals surface area contributed by atoms with Crippen LogP contribution in [0.3, 0.4) is 0 Å². The van der Waals surface area contributed by atoms with Gasteiger partial charge in [0.1, 0.15) is 5.82 Å². The SMILES string of the molecule is Cn1nc(CC(C)(C)C)cc1NC(=O)CC1CCCN1. The van der Waals surface area contributed by atoms with Crippen molar-refractivity contribution in [3.63, 3.8) is 0 Å². The second kappa shape index (κ2) is 5.95. The van der Waals surface area contributed by atoms with Crippen LogP contribution in [0, 0.1) is 5.41 Å². The van der Waals surface area contributed by atoms with Crippen LogP contribution in [-0.4, -0.2) is 28.3 Å². The molecule has 0 aliphatic carbocycles. The van der Waals surface area contributed by atoms with Crippen LogP contribution in [0.1, 0.15) is 45.7 Å². The van der Waals surface area contributed by atoms with Gasteiger partial charge in [0.25, 0.3) is 0 Å². The number of carbonyl (C=O) groups is 1. The van der Waals surface area contributed by atoms with E-state index in [1.807, 2.05) is 13.1 Å². The molecule has 0 radical (unpaired) electrons. The smallest absolute Gasteiger partial charge is 0.227 e. The molecule has 1 saturated heterocycles. The summed E-state index contributed by atoms with van der Waals surface area (Å²) in [4.78, 5) is 12.0. The number of aromatic nitrogens is 2. The molecule has 1 aliphatic heterocycles. The molecule has 20 heavy (non-hydrogen) atoms. The van der Waals surface area contributed by atoms with Crippen LogP contribution in [-0.2, 0) is 18.3 Å². The average Bonchev–Trinajstić information content (AvgIpc) is 2.88. The van der Waals surface area contributed by atoms with E-state index >= 15 is 0 Å². The minimum Gasteiger partial charge on any atom is -0.313 e. The number of rotatable bonds is 4. The quantitative estimate of drug-likeness (QED) is 0.886. The highest BCUT2D eigenvalue weighted by Crippen LogP contribution is 2.21. The number of aryl methyl sites for hydroxylation is 1. The summed E-state index contributed by atoms with van der Waals surface area (Å²) in [6.45, 7) is 7.59. The van der Waals surface area contributed by atoms with Gasteiger partial charge in [0.2, 0.25) is 5.91 Å². The fraction of sp³-hybridized carbons (Fsp3) is 0.733. The van der Waals surface area contributed by atoms with Gasteiger partial charge in [0.05, 0.1) is 5.69 Å². The second-order valence-electron chi connectivity index (χ2n) is 6.93. The zero-order valence-corrected chi connectivity index (χ0v) is 13.0. The third-order valence-electron chi connectivity index (χ3n) is 3.50. The van der Waals surface area contributed by atoms with E-state index in [4.69, 9.17) is 0 Å². The number of anilines is 1. The van der Waals surface area contributed by atoms with E-state index in [0.29, 0.717) is 12.5 Å². The maximum Gasteiger partial charge on any atom is 0.227 e. The molecule has 1 unspecified atom stereocenters. The summed E-state index contributed by atoms with van der Waals surface area (Å²) in [5.41, 5.74) is 1.22. The average molecular weight is 278 g/mol. The molecular weight excluding hydrogens is 252 g/mol. The minimum absolute atomic E-state index is 0.0645. The molecule has 5 nitrogen and oxygen atoms in total. The van der Waals surface area contributed by atoms with Crippen LogP contribution < -0.4 is 10.6 Å². The molecule has 5 heteroatoms. The molecule has 1 amide bonds. The lowest BCUT2D eigenvalue weighted by molar-refractivity contribution is -0.116. The van der Waals surface area contributed by atoms with E-state index in [2.05, 4.69) is 36.5 Å². The summed E-state index contributed by atoms with van der Waals surface area (Å²) in [5, 5.41) is 10.8. The van der Waals surface area contributed by atoms with Crippen molar-refractivity contribution < 1.29 is 4.79 Å². The summed E-state index contributed by atoms with van der Waals surface area (Å²) in [5.74, 6) is 0.849. The molecule has 0 spiro atoms. The van der Waals surface area contributed by atoms with Crippen molar-refractivity contribution in [3.8, 4) is 0 Å². The highest BCUT2D eigenvalue weighted by Gasteiger charge is 2.19. The van der Waals surface area contributed by atoms with Crippen LogP contribution >= 0.6 is 0 Å². The maximum atomic E-state index is 12.0. The topological polar surface area (TPSA) is 59.0 Å². The molecule has 1 aromatic heterocycles. The highest BCUT2D eigenvalue weighted by atomic mass is 16.1. The van der Waals surface area contributed by atoms with Gasteiger partial charge in [0, 0.05) is 25.6 Å². The summed E-state index contributed by atoms with van der Waals surface area (Å²) in [7, 11) is 1.87. The van der Waals surface area contributed by atoms with Crippen molar-refractivity contribution in [1.29, 1.82) is 0 Å². The summed E-state index contributed by atoms with van der Waals surface area (Å²) in [6, 6.07) is 2.31. The molecule has 0 bridgehead atoms. The maximum absolute atomic E-state index is 12.0. The monoisotopic (exact) mass is 278 g/mol. The van der Waals surface area contributed by atoms with Crippen molar-refractivity contribution >= 4 is 11.7 Å². The van der Waals surface area contributed by atoms with E-state index in [-0.39, 0.29) is 11.3 Å². The lowest BCUT2D eigenvalue weighted by Gasteiger charge is -2.15. The Kier molecular flexibility index (Phi) is 4.48. The predicted molar refractivity (Wildman–Crippen MR) is 80.6 cm³/mol. The van der Waals surface area contributed by atoms with Crippen LogP contribution in [0.4, 0.5) is 5.82 Å². The van der Waals surface area contributed by atoms with E-state index in [0.717, 1.165) is 30.9 Å². The van der Waals surface area contributed by atoms with Crippen LogP contribution in [0.5, 0.6) is 0 Å². The number of nitrogens with one attached hydrogen (secondary N) is 2. The lowest BCUT2D eigenvalue weighted by atomic mass is 9.91. The fourth-order valence-corrected chi connectivity index (χ4v) is 2.62. The Hall–Kier alpha value is -1.36. The first-order valence-corrected chi connectivity index (χ1v) is 7.40. The van der Waals surface area contributed by atoms with E-state index in [9.17, 15) is 4.79 Å². The van der Waals surface area contributed by atoms with Crippen molar-refractivity contribution in [1.82, 2.24) is 15.1 Å². The largest absolute Gasteiger partial charge is 0.313 e. The van der Waals surface area contributed by atoms with Gasteiger partial charge in [-0.15, -0.1) is 0 Å². The summed E-state index contributed by atoms with van der Waals surface area (Å²) >= 11 is 0. The first-order valence-electron chi connectivity index (χ1n) is 7.40. The Morgan fingerprint density at radius 3 is 2.90 bits per heavy atom. The van der Waals surface area contributed by atoms with Crippen molar-refractivity contribution in [2.24, 2.45) is 12.5 Å². The number of carbonyl (C=O) groups excluding carboxylic acids is 1. The Labute approximate surface area is 121 Å². The third kappa shape index (κ3) is 4.34. The van der Waals surface area contributed by atoms with Gasteiger partial charge in [-0.2, -0.15) is 5.10 Å². The number of amides is 1. The van der Waals surface area contributed by atoms with Gasteiger partial charge in [0.15, 0.2) is 0 Å². The predicted octanol–water partition coefficient (Wildman–Crippen LogP) is 2.09. The molecule has 2 N–H and O–H groups in total. The van der Waals surface area contributed by atoms with Crippen molar-refractivity contribution in [2.45, 2.75) is 52.5 Å². The van der Waals surface area contributed by atoms with Crippen molar-refractivity contribution in [2.75, 3.05) is 11.9 Å². The van der Waals surface area contributed by atoms with Crippen LogP contribution in [0.2, 0.25) is 0 Å². The van der Waals surface area contributed by atoms with Gasteiger partial charge in [-0.25, -0.2) is 0 Å². The number of hydrogen-bond acceptors (Lipinski definition) is 3. The zero-order valence-electron chi connectivity index (χ0n) is 13.0. The van der Waals surface area contributed by atoms with Crippen molar-refractivity contribution in [3.05, 3.63) is 11.8 Å².